The predicted octanol–water partition coefficient (Wildman–Crippen LogP) is 6.84. The van der Waals surface area contributed by atoms with E-state index < -0.39 is 0 Å². The van der Waals surface area contributed by atoms with Crippen molar-refractivity contribution in [1.29, 1.82) is 0 Å². The fourth-order valence-corrected chi connectivity index (χ4v) is 4.65. The third-order valence-electron chi connectivity index (χ3n) is 5.67. The quantitative estimate of drug-likeness (QED) is 0.280. The van der Waals surface area contributed by atoms with Crippen LogP contribution in [0.15, 0.2) is 36.4 Å². The Labute approximate surface area is 225 Å². The number of rotatable bonds is 11. The molecule has 0 spiro atoms. The van der Waals surface area contributed by atoms with E-state index >= 15 is 0 Å². The Morgan fingerprint density at radius 2 is 1.80 bits per heavy atom. The average Bonchev–Trinajstić information content (AvgIpc) is 3.11. The maximum atomic E-state index is 12.5. The normalized spacial score (nSPS) is 11.9. The lowest BCUT2D eigenvalue weighted by atomic mass is 9.96. The molecule has 1 amide bonds. The summed E-state index contributed by atoms with van der Waals surface area (Å²) in [5.41, 5.74) is 1.82. The van der Waals surface area contributed by atoms with Crippen LogP contribution in [0.3, 0.4) is 0 Å². The topological polar surface area (TPSA) is 65.4 Å². The first-order chi connectivity index (χ1) is 16.7. The second-order valence-corrected chi connectivity index (χ2v) is 9.69. The molecule has 1 atom stereocenters. The molecule has 1 unspecified atom stereocenters. The molecular formula is C25H27Cl4N3O3. The molecule has 0 saturated carbocycles. The van der Waals surface area contributed by atoms with Crippen LogP contribution in [0, 0.1) is 5.92 Å². The molecule has 6 nitrogen and oxygen atoms in total. The molecule has 35 heavy (non-hydrogen) atoms. The molecule has 0 aliphatic heterocycles. The number of benzene rings is 2. The second kappa shape index (κ2) is 12.7. The summed E-state index contributed by atoms with van der Waals surface area (Å²) in [5, 5.41) is 4.54. The van der Waals surface area contributed by atoms with Crippen LogP contribution in [0.5, 0.6) is 11.5 Å². The molecule has 2 aromatic carbocycles. The van der Waals surface area contributed by atoms with E-state index in [0.29, 0.717) is 58.3 Å². The molecule has 10 heteroatoms. The largest absolute Gasteiger partial charge is 0.493 e. The van der Waals surface area contributed by atoms with Crippen molar-refractivity contribution in [3.8, 4) is 11.5 Å². The SMILES string of the molecule is COc1ccc(CC(C)CCC(=O)NCc2nc(Cl)c(Cl)n2Cc2ccccc2Cl)c(Cl)c1OC. The number of amides is 1. The van der Waals surface area contributed by atoms with Gasteiger partial charge in [0.25, 0.3) is 0 Å². The van der Waals surface area contributed by atoms with Gasteiger partial charge in [-0.05, 0) is 42.0 Å². The van der Waals surface area contributed by atoms with Gasteiger partial charge in [-0.25, -0.2) is 4.98 Å². The summed E-state index contributed by atoms with van der Waals surface area (Å²) < 4.78 is 12.4. The van der Waals surface area contributed by atoms with E-state index in [-0.39, 0.29) is 23.5 Å². The van der Waals surface area contributed by atoms with Crippen LogP contribution in [-0.2, 0) is 24.3 Å². The molecule has 1 heterocycles. The van der Waals surface area contributed by atoms with Gasteiger partial charge < -0.3 is 19.4 Å². The molecule has 0 aliphatic rings. The van der Waals surface area contributed by atoms with Gasteiger partial charge in [0.2, 0.25) is 5.91 Å². The monoisotopic (exact) mass is 557 g/mol. The Morgan fingerprint density at radius 1 is 1.06 bits per heavy atom. The summed E-state index contributed by atoms with van der Waals surface area (Å²) in [7, 11) is 3.13. The molecule has 1 N–H and O–H groups in total. The molecule has 0 bridgehead atoms. The van der Waals surface area contributed by atoms with Crippen molar-refractivity contribution < 1.29 is 14.3 Å². The highest BCUT2D eigenvalue weighted by Gasteiger charge is 2.18. The fraction of sp³-hybridized carbons (Fsp3) is 0.360. The van der Waals surface area contributed by atoms with Crippen molar-refractivity contribution >= 4 is 52.3 Å². The van der Waals surface area contributed by atoms with E-state index in [2.05, 4.69) is 17.2 Å². The van der Waals surface area contributed by atoms with Gasteiger partial charge in [-0.15, -0.1) is 0 Å². The van der Waals surface area contributed by atoms with Gasteiger partial charge >= 0.3 is 0 Å². The number of carbonyl (C=O) groups is 1. The summed E-state index contributed by atoms with van der Waals surface area (Å²) in [5.74, 6) is 1.79. The summed E-state index contributed by atoms with van der Waals surface area (Å²) in [4.78, 5) is 16.8. The third-order valence-corrected chi connectivity index (χ3v) is 7.20. The van der Waals surface area contributed by atoms with Gasteiger partial charge in [0.05, 0.1) is 32.3 Å². The van der Waals surface area contributed by atoms with E-state index in [9.17, 15) is 4.79 Å². The van der Waals surface area contributed by atoms with Gasteiger partial charge in [0.1, 0.15) is 11.0 Å². The minimum Gasteiger partial charge on any atom is -0.493 e. The highest BCUT2D eigenvalue weighted by Crippen LogP contribution is 2.38. The Balaban J connectivity index is 1.56. The lowest BCUT2D eigenvalue weighted by molar-refractivity contribution is -0.121. The molecule has 1 aromatic heterocycles. The number of nitrogens with zero attached hydrogens (tertiary/aromatic N) is 2. The van der Waals surface area contributed by atoms with E-state index in [1.165, 1.54) is 0 Å². The number of carbonyl (C=O) groups excluding carboxylic acids is 1. The zero-order valence-electron chi connectivity index (χ0n) is 19.7. The van der Waals surface area contributed by atoms with Crippen molar-refractivity contribution in [3.63, 3.8) is 0 Å². The summed E-state index contributed by atoms with van der Waals surface area (Å²) in [6.07, 6.45) is 1.75. The van der Waals surface area contributed by atoms with Crippen LogP contribution in [0.25, 0.3) is 0 Å². The number of methoxy groups -OCH3 is 2. The van der Waals surface area contributed by atoms with Crippen LogP contribution < -0.4 is 14.8 Å². The molecule has 188 valence electrons. The fourth-order valence-electron chi connectivity index (χ4n) is 3.75. The number of imidazole rings is 1. The number of hydrogen-bond acceptors (Lipinski definition) is 4. The molecule has 0 aliphatic carbocycles. The number of aromatic nitrogens is 2. The highest BCUT2D eigenvalue weighted by atomic mass is 35.5. The first-order valence-corrected chi connectivity index (χ1v) is 12.6. The average molecular weight is 559 g/mol. The van der Waals surface area contributed by atoms with E-state index in [1.807, 2.05) is 30.3 Å². The van der Waals surface area contributed by atoms with E-state index in [4.69, 9.17) is 55.9 Å². The maximum absolute atomic E-state index is 12.5. The maximum Gasteiger partial charge on any atom is 0.220 e. The Kier molecular flexibility index (Phi) is 9.99. The Hall–Kier alpha value is -2.12. The second-order valence-electron chi connectivity index (χ2n) is 8.19. The van der Waals surface area contributed by atoms with Gasteiger partial charge in [-0.3, -0.25) is 4.79 Å². The van der Waals surface area contributed by atoms with E-state index in [1.54, 1.807) is 24.9 Å². The van der Waals surface area contributed by atoms with Crippen molar-refractivity contribution in [3.05, 3.63) is 73.7 Å². The zero-order chi connectivity index (χ0) is 25.5. The number of halogens is 4. The number of ether oxygens (including phenoxy) is 2. The van der Waals surface area contributed by atoms with Crippen LogP contribution in [0.4, 0.5) is 0 Å². The third kappa shape index (κ3) is 6.98. The van der Waals surface area contributed by atoms with Gasteiger partial charge in [0.15, 0.2) is 16.7 Å². The zero-order valence-corrected chi connectivity index (χ0v) is 22.7. The smallest absolute Gasteiger partial charge is 0.220 e. The Bertz CT molecular complexity index is 1180. The molecule has 3 aromatic rings. The van der Waals surface area contributed by atoms with Gasteiger partial charge in [-0.2, -0.15) is 0 Å². The van der Waals surface area contributed by atoms with E-state index in [0.717, 1.165) is 11.1 Å². The van der Waals surface area contributed by atoms with Crippen LogP contribution in [0.1, 0.15) is 36.7 Å². The van der Waals surface area contributed by atoms with Crippen LogP contribution in [0.2, 0.25) is 20.4 Å². The highest BCUT2D eigenvalue weighted by molar-refractivity contribution is 6.40. The number of hydrogen-bond donors (Lipinski definition) is 1. The molecule has 0 fully saturated rings. The molecule has 0 radical (unpaired) electrons. The predicted molar refractivity (Wildman–Crippen MR) is 141 cm³/mol. The Morgan fingerprint density at radius 3 is 2.49 bits per heavy atom. The summed E-state index contributed by atoms with van der Waals surface area (Å²) in [6, 6.07) is 11.2. The van der Waals surface area contributed by atoms with Crippen molar-refractivity contribution in [2.45, 2.75) is 39.3 Å². The minimum absolute atomic E-state index is 0.0882. The minimum atomic E-state index is -0.0882. The van der Waals surface area contributed by atoms with Crippen molar-refractivity contribution in [1.82, 2.24) is 14.9 Å². The standard InChI is InChI=1S/C25H27Cl4N3O3/c1-15(12-16-9-10-19(34-2)23(35-3)22(16)27)8-11-21(33)30-13-20-31-24(28)25(29)32(20)14-17-6-4-5-7-18(17)26/h4-7,9-10,15H,8,11-14H2,1-3H3,(H,30,33). The van der Waals surface area contributed by atoms with Crippen molar-refractivity contribution in [2.75, 3.05) is 14.2 Å². The molecule has 0 saturated heterocycles. The first kappa shape index (κ1) is 27.5. The lowest BCUT2D eigenvalue weighted by Gasteiger charge is -2.16. The summed E-state index contributed by atoms with van der Waals surface area (Å²) >= 11 is 25.3. The van der Waals surface area contributed by atoms with Crippen LogP contribution >= 0.6 is 46.4 Å². The van der Waals surface area contributed by atoms with Gasteiger partial charge in [-0.1, -0.05) is 77.6 Å². The first-order valence-electron chi connectivity index (χ1n) is 11.0. The number of nitrogens with one attached hydrogen (secondary N) is 1. The van der Waals surface area contributed by atoms with Gasteiger partial charge in [0, 0.05) is 11.4 Å². The molecular weight excluding hydrogens is 532 g/mol. The lowest BCUT2D eigenvalue weighted by Crippen LogP contribution is -2.25. The molecule has 3 rings (SSSR count). The van der Waals surface area contributed by atoms with Crippen LogP contribution in [-0.4, -0.2) is 29.7 Å². The van der Waals surface area contributed by atoms with Crippen molar-refractivity contribution in [2.24, 2.45) is 5.92 Å². The summed E-state index contributed by atoms with van der Waals surface area (Å²) in [6.45, 7) is 2.67.